The van der Waals surface area contributed by atoms with Gasteiger partial charge in [-0.25, -0.2) is 0 Å². The van der Waals surface area contributed by atoms with Gasteiger partial charge in [0.15, 0.2) is 0 Å². The first kappa shape index (κ1) is 14.8. The van der Waals surface area contributed by atoms with E-state index in [0.29, 0.717) is 12.0 Å². The standard InChI is InChI=1S/C15H29N3O/c1-11(2)18(3)9-5-8-16-15(19)14-13-7-4-6-12(13)10-17-14/h11-14,17H,4-10H2,1-3H3,(H,16,19). The van der Waals surface area contributed by atoms with E-state index < -0.39 is 0 Å². The summed E-state index contributed by atoms with van der Waals surface area (Å²) in [6.07, 6.45) is 4.87. The molecule has 1 heterocycles. The van der Waals surface area contributed by atoms with E-state index >= 15 is 0 Å². The average Bonchev–Trinajstić information content (AvgIpc) is 2.95. The molecule has 2 aliphatic rings. The molecule has 1 aliphatic carbocycles. The number of nitrogens with zero attached hydrogens (tertiary/aromatic N) is 1. The minimum atomic E-state index is 0.0790. The summed E-state index contributed by atoms with van der Waals surface area (Å²) < 4.78 is 0. The summed E-state index contributed by atoms with van der Waals surface area (Å²) in [4.78, 5) is 14.5. The Balaban J connectivity index is 1.65. The lowest BCUT2D eigenvalue weighted by atomic mass is 9.93. The predicted molar refractivity (Wildman–Crippen MR) is 78.0 cm³/mol. The monoisotopic (exact) mass is 267 g/mol. The highest BCUT2D eigenvalue weighted by atomic mass is 16.2. The first-order valence-electron chi connectivity index (χ1n) is 7.81. The lowest BCUT2D eigenvalue weighted by molar-refractivity contribution is -0.123. The van der Waals surface area contributed by atoms with Crippen molar-refractivity contribution < 1.29 is 4.79 Å². The van der Waals surface area contributed by atoms with Crippen LogP contribution in [0.4, 0.5) is 0 Å². The number of rotatable bonds is 6. The molecule has 3 unspecified atom stereocenters. The van der Waals surface area contributed by atoms with E-state index in [2.05, 4.69) is 36.4 Å². The molecular formula is C15H29N3O. The molecule has 110 valence electrons. The molecule has 1 amide bonds. The SMILES string of the molecule is CC(C)N(C)CCCNC(=O)C1NCC2CCCC21. The topological polar surface area (TPSA) is 44.4 Å². The van der Waals surface area contributed by atoms with Crippen LogP contribution in [0.2, 0.25) is 0 Å². The van der Waals surface area contributed by atoms with Crippen LogP contribution >= 0.6 is 0 Å². The molecule has 0 spiro atoms. The minimum Gasteiger partial charge on any atom is -0.355 e. The second-order valence-electron chi connectivity index (χ2n) is 6.46. The Bertz CT molecular complexity index is 306. The van der Waals surface area contributed by atoms with Gasteiger partial charge in [-0.3, -0.25) is 4.79 Å². The summed E-state index contributed by atoms with van der Waals surface area (Å²) in [5.41, 5.74) is 0. The summed E-state index contributed by atoms with van der Waals surface area (Å²) >= 11 is 0. The summed E-state index contributed by atoms with van der Waals surface area (Å²) in [5.74, 6) is 1.57. The zero-order valence-electron chi connectivity index (χ0n) is 12.6. The van der Waals surface area contributed by atoms with E-state index in [4.69, 9.17) is 0 Å². The number of amides is 1. The molecule has 0 bridgehead atoms. The van der Waals surface area contributed by atoms with Crippen LogP contribution in [-0.4, -0.2) is 49.6 Å². The third-order valence-corrected chi connectivity index (χ3v) is 4.90. The molecule has 3 atom stereocenters. The van der Waals surface area contributed by atoms with Crippen molar-refractivity contribution in [2.24, 2.45) is 11.8 Å². The predicted octanol–water partition coefficient (Wildman–Crippen LogP) is 1.22. The molecule has 0 aromatic carbocycles. The molecule has 1 saturated carbocycles. The van der Waals surface area contributed by atoms with Crippen molar-refractivity contribution in [3.8, 4) is 0 Å². The summed E-state index contributed by atoms with van der Waals surface area (Å²) in [5, 5.41) is 6.51. The van der Waals surface area contributed by atoms with E-state index in [0.717, 1.165) is 32.0 Å². The fourth-order valence-electron chi connectivity index (χ4n) is 3.38. The summed E-state index contributed by atoms with van der Waals surface area (Å²) in [6, 6.07) is 0.654. The van der Waals surface area contributed by atoms with Gasteiger partial charge in [-0.2, -0.15) is 0 Å². The zero-order chi connectivity index (χ0) is 13.8. The van der Waals surface area contributed by atoms with Crippen LogP contribution in [0, 0.1) is 11.8 Å². The Kier molecular flexibility index (Phi) is 5.22. The smallest absolute Gasteiger partial charge is 0.237 e. The Morgan fingerprint density at radius 3 is 2.95 bits per heavy atom. The largest absolute Gasteiger partial charge is 0.355 e. The molecule has 0 aromatic rings. The second kappa shape index (κ2) is 6.71. The fraction of sp³-hybridized carbons (Fsp3) is 0.933. The van der Waals surface area contributed by atoms with Crippen molar-refractivity contribution >= 4 is 5.91 Å². The maximum absolute atomic E-state index is 12.2. The number of hydrogen-bond acceptors (Lipinski definition) is 3. The van der Waals surface area contributed by atoms with Crippen LogP contribution in [0.25, 0.3) is 0 Å². The highest BCUT2D eigenvalue weighted by Crippen LogP contribution is 2.37. The van der Waals surface area contributed by atoms with Gasteiger partial charge in [0.05, 0.1) is 6.04 Å². The van der Waals surface area contributed by atoms with Gasteiger partial charge in [0.2, 0.25) is 5.91 Å². The third kappa shape index (κ3) is 3.69. The molecule has 2 rings (SSSR count). The molecule has 1 saturated heterocycles. The van der Waals surface area contributed by atoms with Crippen LogP contribution in [-0.2, 0) is 4.79 Å². The number of fused-ring (bicyclic) bond motifs is 1. The van der Waals surface area contributed by atoms with Gasteiger partial charge in [0, 0.05) is 12.6 Å². The number of nitrogens with one attached hydrogen (secondary N) is 2. The van der Waals surface area contributed by atoms with E-state index in [1.807, 2.05) is 0 Å². The molecule has 4 heteroatoms. The van der Waals surface area contributed by atoms with Crippen molar-refractivity contribution in [3.05, 3.63) is 0 Å². The van der Waals surface area contributed by atoms with Gasteiger partial charge in [-0.05, 0) is 65.1 Å². The zero-order valence-corrected chi connectivity index (χ0v) is 12.6. The first-order valence-corrected chi connectivity index (χ1v) is 7.81. The molecule has 0 radical (unpaired) electrons. The Hall–Kier alpha value is -0.610. The van der Waals surface area contributed by atoms with Gasteiger partial charge in [0.25, 0.3) is 0 Å². The normalized spacial score (nSPS) is 30.1. The summed E-state index contributed by atoms with van der Waals surface area (Å²) in [7, 11) is 2.13. The van der Waals surface area contributed by atoms with E-state index in [-0.39, 0.29) is 11.9 Å². The molecule has 19 heavy (non-hydrogen) atoms. The van der Waals surface area contributed by atoms with E-state index in [9.17, 15) is 4.79 Å². The van der Waals surface area contributed by atoms with Crippen molar-refractivity contribution in [1.82, 2.24) is 15.5 Å². The Labute approximate surface area is 117 Å². The van der Waals surface area contributed by atoms with Crippen LogP contribution < -0.4 is 10.6 Å². The van der Waals surface area contributed by atoms with Gasteiger partial charge >= 0.3 is 0 Å². The Morgan fingerprint density at radius 2 is 2.21 bits per heavy atom. The number of carbonyl (C=O) groups excluding carboxylic acids is 1. The van der Waals surface area contributed by atoms with Crippen LogP contribution in [0.5, 0.6) is 0 Å². The first-order chi connectivity index (χ1) is 9.09. The second-order valence-corrected chi connectivity index (χ2v) is 6.46. The van der Waals surface area contributed by atoms with Crippen molar-refractivity contribution in [2.75, 3.05) is 26.7 Å². The number of carbonyl (C=O) groups is 1. The molecular weight excluding hydrogens is 238 g/mol. The van der Waals surface area contributed by atoms with Crippen molar-refractivity contribution in [1.29, 1.82) is 0 Å². The van der Waals surface area contributed by atoms with Gasteiger partial charge in [-0.15, -0.1) is 0 Å². The molecule has 2 N–H and O–H groups in total. The minimum absolute atomic E-state index is 0.0790. The van der Waals surface area contributed by atoms with Crippen LogP contribution in [0.3, 0.4) is 0 Å². The van der Waals surface area contributed by atoms with Gasteiger partial charge < -0.3 is 15.5 Å². The maximum Gasteiger partial charge on any atom is 0.237 e. The molecule has 4 nitrogen and oxygen atoms in total. The van der Waals surface area contributed by atoms with Gasteiger partial charge in [-0.1, -0.05) is 6.42 Å². The molecule has 0 aromatic heterocycles. The Morgan fingerprint density at radius 1 is 1.42 bits per heavy atom. The highest BCUT2D eigenvalue weighted by molar-refractivity contribution is 5.82. The molecule has 1 aliphatic heterocycles. The highest BCUT2D eigenvalue weighted by Gasteiger charge is 2.42. The average molecular weight is 267 g/mol. The quantitative estimate of drug-likeness (QED) is 0.711. The lowest BCUT2D eigenvalue weighted by Crippen LogP contribution is -2.44. The third-order valence-electron chi connectivity index (χ3n) is 4.90. The number of hydrogen-bond donors (Lipinski definition) is 2. The maximum atomic E-state index is 12.2. The van der Waals surface area contributed by atoms with E-state index in [1.165, 1.54) is 19.3 Å². The lowest BCUT2D eigenvalue weighted by Gasteiger charge is -2.21. The van der Waals surface area contributed by atoms with Crippen LogP contribution in [0.1, 0.15) is 39.5 Å². The van der Waals surface area contributed by atoms with Crippen LogP contribution in [0.15, 0.2) is 0 Å². The van der Waals surface area contributed by atoms with E-state index in [1.54, 1.807) is 0 Å². The van der Waals surface area contributed by atoms with Crippen molar-refractivity contribution in [3.63, 3.8) is 0 Å². The van der Waals surface area contributed by atoms with Gasteiger partial charge in [0.1, 0.15) is 0 Å². The van der Waals surface area contributed by atoms with Crippen molar-refractivity contribution in [2.45, 2.75) is 51.6 Å². The summed E-state index contributed by atoms with van der Waals surface area (Å²) in [6.45, 7) is 7.27. The molecule has 2 fully saturated rings. The fourth-order valence-corrected chi connectivity index (χ4v) is 3.38.